The van der Waals surface area contributed by atoms with Crippen molar-refractivity contribution in [1.82, 2.24) is 15.0 Å². The SMILES string of the molecule is CCCc1noc(CN(CC)CCC(=O)OC)n1. The molecule has 6 nitrogen and oxygen atoms in total. The average molecular weight is 255 g/mol. The van der Waals surface area contributed by atoms with Gasteiger partial charge in [-0.3, -0.25) is 9.69 Å². The average Bonchev–Trinajstić information content (AvgIpc) is 2.81. The molecule has 0 amide bonds. The Kier molecular flexibility index (Phi) is 6.35. The first-order valence-electron chi connectivity index (χ1n) is 6.30. The molecule has 0 atom stereocenters. The summed E-state index contributed by atoms with van der Waals surface area (Å²) >= 11 is 0. The number of rotatable bonds is 8. The molecule has 0 aliphatic rings. The lowest BCUT2D eigenvalue weighted by Crippen LogP contribution is -2.26. The maximum Gasteiger partial charge on any atom is 0.306 e. The second-order valence-corrected chi connectivity index (χ2v) is 4.05. The summed E-state index contributed by atoms with van der Waals surface area (Å²) in [7, 11) is 1.40. The molecule has 0 N–H and O–H groups in total. The second-order valence-electron chi connectivity index (χ2n) is 4.05. The van der Waals surface area contributed by atoms with Gasteiger partial charge in [0.1, 0.15) is 0 Å². The number of carbonyl (C=O) groups excluding carboxylic acids is 1. The summed E-state index contributed by atoms with van der Waals surface area (Å²) in [6.45, 7) is 6.13. The summed E-state index contributed by atoms with van der Waals surface area (Å²) in [5.41, 5.74) is 0. The van der Waals surface area contributed by atoms with Gasteiger partial charge < -0.3 is 9.26 Å². The maximum absolute atomic E-state index is 11.1. The summed E-state index contributed by atoms with van der Waals surface area (Å²) in [6.07, 6.45) is 2.21. The third-order valence-electron chi connectivity index (χ3n) is 2.65. The molecule has 0 aliphatic carbocycles. The molecule has 0 spiro atoms. The Hall–Kier alpha value is -1.43. The van der Waals surface area contributed by atoms with Crippen LogP contribution in [-0.2, 0) is 22.5 Å². The number of hydrogen-bond donors (Lipinski definition) is 0. The molecule has 1 heterocycles. The van der Waals surface area contributed by atoms with Crippen LogP contribution in [0.15, 0.2) is 4.52 Å². The molecule has 0 unspecified atom stereocenters. The van der Waals surface area contributed by atoms with Crippen molar-refractivity contribution in [1.29, 1.82) is 0 Å². The minimum Gasteiger partial charge on any atom is -0.469 e. The van der Waals surface area contributed by atoms with Gasteiger partial charge in [-0.2, -0.15) is 4.98 Å². The number of hydrogen-bond acceptors (Lipinski definition) is 6. The molecule has 0 aromatic carbocycles. The number of aromatic nitrogens is 2. The van der Waals surface area contributed by atoms with Gasteiger partial charge in [0.25, 0.3) is 0 Å². The second kappa shape index (κ2) is 7.81. The summed E-state index contributed by atoms with van der Waals surface area (Å²) < 4.78 is 9.78. The first kappa shape index (κ1) is 14.6. The quantitative estimate of drug-likeness (QED) is 0.654. The lowest BCUT2D eigenvalue weighted by molar-refractivity contribution is -0.141. The van der Waals surface area contributed by atoms with Gasteiger partial charge in [-0.1, -0.05) is 19.0 Å². The molecule has 1 rings (SSSR count). The van der Waals surface area contributed by atoms with E-state index in [2.05, 4.69) is 26.7 Å². The summed E-state index contributed by atoms with van der Waals surface area (Å²) in [4.78, 5) is 17.4. The molecular formula is C12H21N3O3. The Balaban J connectivity index is 2.43. The Labute approximate surface area is 107 Å². The van der Waals surface area contributed by atoms with Crippen molar-refractivity contribution in [2.24, 2.45) is 0 Å². The van der Waals surface area contributed by atoms with E-state index in [1.54, 1.807) is 0 Å². The van der Waals surface area contributed by atoms with Crippen LogP contribution >= 0.6 is 0 Å². The monoisotopic (exact) mass is 255 g/mol. The van der Waals surface area contributed by atoms with Crippen molar-refractivity contribution < 1.29 is 14.1 Å². The van der Waals surface area contributed by atoms with Crippen LogP contribution in [0.3, 0.4) is 0 Å². The largest absolute Gasteiger partial charge is 0.469 e. The highest BCUT2D eigenvalue weighted by Gasteiger charge is 2.12. The first-order chi connectivity index (χ1) is 8.69. The van der Waals surface area contributed by atoms with Crippen molar-refractivity contribution >= 4 is 5.97 Å². The molecule has 1 aromatic rings. The molecule has 0 saturated heterocycles. The number of aryl methyl sites for hydroxylation is 1. The Morgan fingerprint density at radius 3 is 2.83 bits per heavy atom. The molecule has 102 valence electrons. The molecule has 0 saturated carbocycles. The van der Waals surface area contributed by atoms with Crippen LogP contribution in [0.5, 0.6) is 0 Å². The molecule has 0 fully saturated rings. The van der Waals surface area contributed by atoms with E-state index in [4.69, 9.17) is 4.52 Å². The fourth-order valence-electron chi connectivity index (χ4n) is 1.57. The van der Waals surface area contributed by atoms with Crippen molar-refractivity contribution in [3.8, 4) is 0 Å². The standard InChI is InChI=1S/C12H21N3O3/c1-4-6-10-13-11(18-14-10)9-15(5-2)8-7-12(16)17-3/h4-9H2,1-3H3. The normalized spacial score (nSPS) is 10.9. The van der Waals surface area contributed by atoms with Crippen LogP contribution < -0.4 is 0 Å². The van der Waals surface area contributed by atoms with E-state index in [1.165, 1.54) is 7.11 Å². The van der Waals surface area contributed by atoms with Crippen LogP contribution in [-0.4, -0.2) is 41.2 Å². The van der Waals surface area contributed by atoms with E-state index in [1.807, 2.05) is 6.92 Å². The zero-order valence-electron chi connectivity index (χ0n) is 11.3. The molecule has 18 heavy (non-hydrogen) atoms. The van der Waals surface area contributed by atoms with E-state index >= 15 is 0 Å². The fraction of sp³-hybridized carbons (Fsp3) is 0.750. The smallest absolute Gasteiger partial charge is 0.306 e. The molecule has 6 heteroatoms. The lowest BCUT2D eigenvalue weighted by Gasteiger charge is -2.16. The van der Waals surface area contributed by atoms with Crippen molar-refractivity contribution in [2.45, 2.75) is 39.7 Å². The van der Waals surface area contributed by atoms with E-state index in [-0.39, 0.29) is 5.97 Å². The van der Waals surface area contributed by atoms with Crippen molar-refractivity contribution in [2.75, 3.05) is 20.2 Å². The Morgan fingerprint density at radius 1 is 1.44 bits per heavy atom. The van der Waals surface area contributed by atoms with Gasteiger partial charge in [-0.05, 0) is 13.0 Å². The van der Waals surface area contributed by atoms with Gasteiger partial charge >= 0.3 is 5.97 Å². The highest BCUT2D eigenvalue weighted by atomic mass is 16.5. The molecule has 0 bridgehead atoms. The first-order valence-corrected chi connectivity index (χ1v) is 6.30. The highest BCUT2D eigenvalue weighted by Crippen LogP contribution is 2.05. The van der Waals surface area contributed by atoms with E-state index in [0.717, 1.165) is 25.2 Å². The van der Waals surface area contributed by atoms with E-state index in [9.17, 15) is 4.79 Å². The zero-order valence-corrected chi connectivity index (χ0v) is 11.3. The van der Waals surface area contributed by atoms with Gasteiger partial charge in [0, 0.05) is 13.0 Å². The van der Waals surface area contributed by atoms with Crippen molar-refractivity contribution in [3.05, 3.63) is 11.7 Å². The van der Waals surface area contributed by atoms with Gasteiger partial charge in [0.15, 0.2) is 5.82 Å². The van der Waals surface area contributed by atoms with Gasteiger partial charge in [-0.15, -0.1) is 0 Å². The van der Waals surface area contributed by atoms with E-state index in [0.29, 0.717) is 25.4 Å². The fourth-order valence-corrected chi connectivity index (χ4v) is 1.57. The van der Waals surface area contributed by atoms with Crippen LogP contribution in [0.1, 0.15) is 38.4 Å². The van der Waals surface area contributed by atoms with Crippen LogP contribution in [0.25, 0.3) is 0 Å². The highest BCUT2D eigenvalue weighted by molar-refractivity contribution is 5.69. The number of ether oxygens (including phenoxy) is 1. The van der Waals surface area contributed by atoms with Crippen LogP contribution in [0, 0.1) is 0 Å². The predicted molar refractivity (Wildman–Crippen MR) is 65.9 cm³/mol. The Bertz CT molecular complexity index is 365. The van der Waals surface area contributed by atoms with Gasteiger partial charge in [0.2, 0.25) is 5.89 Å². The summed E-state index contributed by atoms with van der Waals surface area (Å²) in [5.74, 6) is 1.15. The van der Waals surface area contributed by atoms with Gasteiger partial charge in [0.05, 0.1) is 20.1 Å². The number of nitrogens with zero attached hydrogens (tertiary/aromatic N) is 3. The maximum atomic E-state index is 11.1. The zero-order chi connectivity index (χ0) is 13.4. The number of methoxy groups -OCH3 is 1. The lowest BCUT2D eigenvalue weighted by atomic mass is 10.3. The predicted octanol–water partition coefficient (Wildman–Crippen LogP) is 1.41. The molecule has 1 aromatic heterocycles. The minimum atomic E-state index is -0.203. The third kappa shape index (κ3) is 4.83. The van der Waals surface area contributed by atoms with Crippen LogP contribution in [0.4, 0.5) is 0 Å². The number of carbonyl (C=O) groups is 1. The van der Waals surface area contributed by atoms with Crippen molar-refractivity contribution in [3.63, 3.8) is 0 Å². The number of esters is 1. The summed E-state index contributed by atoms with van der Waals surface area (Å²) in [5, 5.41) is 3.90. The summed E-state index contributed by atoms with van der Waals surface area (Å²) in [6, 6.07) is 0. The van der Waals surface area contributed by atoms with Crippen LogP contribution in [0.2, 0.25) is 0 Å². The third-order valence-corrected chi connectivity index (χ3v) is 2.65. The van der Waals surface area contributed by atoms with E-state index < -0.39 is 0 Å². The molecule has 0 aliphatic heterocycles. The molecular weight excluding hydrogens is 234 g/mol. The topological polar surface area (TPSA) is 68.5 Å². The van der Waals surface area contributed by atoms with Gasteiger partial charge in [-0.25, -0.2) is 0 Å². The molecule has 0 radical (unpaired) electrons. The Morgan fingerprint density at radius 2 is 2.22 bits per heavy atom. The minimum absolute atomic E-state index is 0.203.